The fourth-order valence-corrected chi connectivity index (χ4v) is 2.29. The van der Waals surface area contributed by atoms with Crippen molar-refractivity contribution in [3.8, 4) is 0 Å². The lowest BCUT2D eigenvalue weighted by molar-refractivity contribution is -0.106. The maximum absolute atomic E-state index is 6.32. The monoisotopic (exact) mass is 229 g/mol. The Balaban J connectivity index is 2.51. The maximum atomic E-state index is 6.32. The van der Waals surface area contributed by atoms with Gasteiger partial charge in [0, 0.05) is 39.2 Å². The van der Waals surface area contributed by atoms with E-state index in [9.17, 15) is 0 Å². The summed E-state index contributed by atoms with van der Waals surface area (Å²) in [4.78, 5) is 0. The van der Waals surface area contributed by atoms with Crippen LogP contribution in [0.2, 0.25) is 0 Å². The molecule has 16 heavy (non-hydrogen) atoms. The highest BCUT2D eigenvalue weighted by molar-refractivity contribution is 4.93. The van der Waals surface area contributed by atoms with Crippen molar-refractivity contribution in [1.29, 1.82) is 0 Å². The van der Waals surface area contributed by atoms with E-state index in [0.717, 1.165) is 38.9 Å². The van der Waals surface area contributed by atoms with Crippen LogP contribution in [0.5, 0.6) is 0 Å². The van der Waals surface area contributed by atoms with Gasteiger partial charge in [0.05, 0.1) is 5.60 Å². The highest BCUT2D eigenvalue weighted by atomic mass is 16.5. The first kappa shape index (κ1) is 13.9. The second-order valence-electron chi connectivity index (χ2n) is 6.09. The first-order valence-electron chi connectivity index (χ1n) is 6.28. The van der Waals surface area contributed by atoms with Crippen molar-refractivity contribution in [3.05, 3.63) is 0 Å². The zero-order chi connectivity index (χ0) is 12.2. The summed E-state index contributed by atoms with van der Waals surface area (Å²) in [5.74, 6) is 0. The number of hydrogen-bond acceptors (Lipinski definition) is 3. The third-order valence-corrected chi connectivity index (χ3v) is 3.63. The van der Waals surface area contributed by atoms with Gasteiger partial charge in [0.1, 0.15) is 0 Å². The third-order valence-electron chi connectivity index (χ3n) is 3.63. The van der Waals surface area contributed by atoms with Crippen LogP contribution in [0.25, 0.3) is 0 Å². The molecule has 0 aromatic carbocycles. The summed E-state index contributed by atoms with van der Waals surface area (Å²) in [5, 5.41) is 0. The number of methoxy groups -OCH3 is 1. The van der Waals surface area contributed by atoms with Crippen LogP contribution in [0.4, 0.5) is 0 Å². The zero-order valence-electron chi connectivity index (χ0n) is 11.2. The van der Waals surface area contributed by atoms with Gasteiger partial charge >= 0.3 is 0 Å². The molecule has 0 saturated carbocycles. The number of ether oxygens (including phenoxy) is 2. The van der Waals surface area contributed by atoms with Crippen LogP contribution in [0.1, 0.15) is 46.5 Å². The van der Waals surface area contributed by atoms with Gasteiger partial charge in [-0.1, -0.05) is 20.8 Å². The molecule has 0 aliphatic carbocycles. The largest absolute Gasteiger partial charge is 0.381 e. The number of hydrogen-bond donors (Lipinski definition) is 1. The van der Waals surface area contributed by atoms with Crippen molar-refractivity contribution in [3.63, 3.8) is 0 Å². The average Bonchev–Trinajstić information content (AvgIpc) is 2.25. The van der Waals surface area contributed by atoms with E-state index in [1.165, 1.54) is 0 Å². The van der Waals surface area contributed by atoms with Gasteiger partial charge < -0.3 is 15.2 Å². The van der Waals surface area contributed by atoms with Gasteiger partial charge in [-0.2, -0.15) is 0 Å². The third kappa shape index (κ3) is 3.72. The van der Waals surface area contributed by atoms with Crippen LogP contribution in [0.15, 0.2) is 0 Å². The Kier molecular flexibility index (Phi) is 4.77. The normalized spacial score (nSPS) is 23.1. The molecule has 1 heterocycles. The van der Waals surface area contributed by atoms with Gasteiger partial charge in [-0.3, -0.25) is 0 Å². The lowest BCUT2D eigenvalue weighted by Crippen LogP contribution is -2.53. The Bertz CT molecular complexity index is 204. The van der Waals surface area contributed by atoms with E-state index in [2.05, 4.69) is 20.8 Å². The molecular weight excluding hydrogens is 202 g/mol. The minimum Gasteiger partial charge on any atom is -0.381 e. The van der Waals surface area contributed by atoms with Crippen molar-refractivity contribution >= 4 is 0 Å². The molecule has 3 heteroatoms. The molecule has 2 N–H and O–H groups in total. The summed E-state index contributed by atoms with van der Waals surface area (Å²) in [6, 6.07) is 0.126. The smallest absolute Gasteiger partial charge is 0.0872 e. The molecule has 0 bridgehead atoms. The average molecular weight is 229 g/mol. The SMILES string of the molecule is COC1(C(N)CCC(C)(C)C)CCOCC1. The summed E-state index contributed by atoms with van der Waals surface area (Å²) >= 11 is 0. The topological polar surface area (TPSA) is 44.5 Å². The van der Waals surface area contributed by atoms with Crippen LogP contribution in [0.3, 0.4) is 0 Å². The van der Waals surface area contributed by atoms with Crippen LogP contribution < -0.4 is 5.73 Å². The number of nitrogens with two attached hydrogens (primary N) is 1. The van der Waals surface area contributed by atoms with Crippen LogP contribution in [0, 0.1) is 5.41 Å². The summed E-state index contributed by atoms with van der Waals surface area (Å²) in [5.41, 5.74) is 6.52. The molecule has 1 fully saturated rings. The molecule has 1 saturated heterocycles. The van der Waals surface area contributed by atoms with E-state index in [0.29, 0.717) is 5.41 Å². The summed E-state index contributed by atoms with van der Waals surface area (Å²) in [6.07, 6.45) is 4.01. The molecule has 1 unspecified atom stereocenters. The van der Waals surface area contributed by atoms with E-state index in [1.54, 1.807) is 7.11 Å². The van der Waals surface area contributed by atoms with Crippen molar-refractivity contribution in [2.24, 2.45) is 11.1 Å². The minimum absolute atomic E-state index is 0.126. The molecule has 1 rings (SSSR count). The Morgan fingerprint density at radius 3 is 2.31 bits per heavy atom. The number of rotatable bonds is 4. The Labute approximate surface area is 99.7 Å². The van der Waals surface area contributed by atoms with Crippen molar-refractivity contribution in [1.82, 2.24) is 0 Å². The van der Waals surface area contributed by atoms with E-state index < -0.39 is 0 Å². The fraction of sp³-hybridized carbons (Fsp3) is 1.00. The molecule has 1 aliphatic heterocycles. The molecule has 0 radical (unpaired) electrons. The van der Waals surface area contributed by atoms with Gasteiger partial charge in [0.2, 0.25) is 0 Å². The Morgan fingerprint density at radius 2 is 1.88 bits per heavy atom. The van der Waals surface area contributed by atoms with Crippen LogP contribution >= 0.6 is 0 Å². The standard InChI is InChI=1S/C13H27NO2/c1-12(2,3)6-5-11(14)13(15-4)7-9-16-10-8-13/h11H,5-10,14H2,1-4H3. The highest BCUT2D eigenvalue weighted by Gasteiger charge is 2.38. The van der Waals surface area contributed by atoms with Gasteiger partial charge in [0.25, 0.3) is 0 Å². The lowest BCUT2D eigenvalue weighted by atomic mass is 9.80. The predicted octanol–water partition coefficient (Wildman–Crippen LogP) is 2.34. The van der Waals surface area contributed by atoms with E-state index >= 15 is 0 Å². The molecule has 96 valence electrons. The van der Waals surface area contributed by atoms with Gasteiger partial charge in [-0.25, -0.2) is 0 Å². The quantitative estimate of drug-likeness (QED) is 0.804. The van der Waals surface area contributed by atoms with E-state index in [1.807, 2.05) is 0 Å². The predicted molar refractivity (Wildman–Crippen MR) is 66.5 cm³/mol. The second kappa shape index (κ2) is 5.48. The summed E-state index contributed by atoms with van der Waals surface area (Å²) in [7, 11) is 1.78. The highest BCUT2D eigenvalue weighted by Crippen LogP contribution is 2.31. The lowest BCUT2D eigenvalue weighted by Gasteiger charge is -2.41. The van der Waals surface area contributed by atoms with E-state index in [4.69, 9.17) is 15.2 Å². The van der Waals surface area contributed by atoms with Gasteiger partial charge in [0.15, 0.2) is 0 Å². The Hall–Kier alpha value is -0.120. The summed E-state index contributed by atoms with van der Waals surface area (Å²) < 4.78 is 11.1. The first-order chi connectivity index (χ1) is 7.40. The van der Waals surface area contributed by atoms with Gasteiger partial charge in [-0.05, 0) is 18.3 Å². The molecule has 0 amide bonds. The summed E-state index contributed by atoms with van der Waals surface area (Å²) in [6.45, 7) is 8.31. The fourth-order valence-electron chi connectivity index (χ4n) is 2.29. The van der Waals surface area contributed by atoms with Gasteiger partial charge in [-0.15, -0.1) is 0 Å². The molecule has 0 aromatic heterocycles. The van der Waals surface area contributed by atoms with Crippen LogP contribution in [-0.2, 0) is 9.47 Å². The molecule has 0 aromatic rings. The molecule has 1 aliphatic rings. The molecule has 0 spiro atoms. The molecule has 1 atom stereocenters. The minimum atomic E-state index is -0.149. The molecule has 3 nitrogen and oxygen atoms in total. The maximum Gasteiger partial charge on any atom is 0.0872 e. The molecular formula is C13H27NO2. The zero-order valence-corrected chi connectivity index (χ0v) is 11.2. The second-order valence-corrected chi connectivity index (χ2v) is 6.09. The van der Waals surface area contributed by atoms with E-state index in [-0.39, 0.29) is 11.6 Å². The van der Waals surface area contributed by atoms with Crippen molar-refractivity contribution in [2.45, 2.75) is 58.1 Å². The van der Waals surface area contributed by atoms with Crippen molar-refractivity contribution < 1.29 is 9.47 Å². The Morgan fingerprint density at radius 1 is 1.31 bits per heavy atom. The van der Waals surface area contributed by atoms with Crippen LogP contribution in [-0.4, -0.2) is 32.0 Å². The first-order valence-corrected chi connectivity index (χ1v) is 6.28. The van der Waals surface area contributed by atoms with Crippen molar-refractivity contribution in [2.75, 3.05) is 20.3 Å².